The van der Waals surface area contributed by atoms with Crippen molar-refractivity contribution in [1.82, 2.24) is 15.4 Å². The number of hydrogen-bond donors (Lipinski definition) is 4. The number of rotatable bonds is 7. The van der Waals surface area contributed by atoms with E-state index < -0.39 is 11.9 Å². The maximum Gasteiger partial charge on any atom is 0.338 e. The van der Waals surface area contributed by atoms with Gasteiger partial charge in [0.1, 0.15) is 12.0 Å². The number of amides is 1. The summed E-state index contributed by atoms with van der Waals surface area (Å²) in [5.41, 5.74) is 12.8. The van der Waals surface area contributed by atoms with Crippen molar-refractivity contribution in [2.24, 2.45) is 0 Å². The number of halogens is 1. The summed E-state index contributed by atoms with van der Waals surface area (Å²) in [4.78, 5) is 32.3. The Bertz CT molecular complexity index is 1080. The van der Waals surface area contributed by atoms with E-state index >= 15 is 0 Å². The Balaban J connectivity index is 1.71. The number of carbonyl (C=O) groups excluding carboxylic acids is 2. The van der Waals surface area contributed by atoms with E-state index in [-0.39, 0.29) is 18.1 Å². The molecule has 0 saturated heterocycles. The molecule has 1 amide bonds. The van der Waals surface area contributed by atoms with Crippen LogP contribution in [0.4, 0.5) is 23.0 Å². The summed E-state index contributed by atoms with van der Waals surface area (Å²) in [7, 11) is 0. The molecule has 0 saturated carbocycles. The number of aromatic nitrogens is 2. The molecule has 0 bridgehead atoms. The van der Waals surface area contributed by atoms with Crippen LogP contribution in [0.25, 0.3) is 0 Å². The first-order valence-electron chi connectivity index (χ1n) is 8.94. The molecule has 10 heteroatoms. The predicted octanol–water partition coefficient (Wildman–Crippen LogP) is 3.39. The average molecular weight is 427 g/mol. The lowest BCUT2D eigenvalue weighted by Crippen LogP contribution is -2.30. The molecule has 2 aromatic carbocycles. The molecule has 0 aliphatic heterocycles. The van der Waals surface area contributed by atoms with Crippen LogP contribution in [0.5, 0.6) is 0 Å². The van der Waals surface area contributed by atoms with Gasteiger partial charge in [0, 0.05) is 16.3 Å². The highest BCUT2D eigenvalue weighted by Gasteiger charge is 2.12. The molecule has 9 nitrogen and oxygen atoms in total. The van der Waals surface area contributed by atoms with Crippen LogP contribution in [0.3, 0.4) is 0 Å². The van der Waals surface area contributed by atoms with Gasteiger partial charge in [-0.1, -0.05) is 23.7 Å². The van der Waals surface area contributed by atoms with Crippen molar-refractivity contribution in [3.05, 3.63) is 71.0 Å². The fraction of sp³-hybridized carbons (Fsp3) is 0.100. The molecular weight excluding hydrogens is 408 g/mol. The molecule has 0 aliphatic rings. The summed E-state index contributed by atoms with van der Waals surface area (Å²) in [5.74, 6) is -0.343. The van der Waals surface area contributed by atoms with Gasteiger partial charge in [-0.2, -0.15) is 0 Å². The average Bonchev–Trinajstić information content (AvgIpc) is 2.74. The zero-order valence-corrected chi connectivity index (χ0v) is 16.7. The zero-order valence-electron chi connectivity index (χ0n) is 16.0. The standard InChI is InChI=1S/C20H19ClN6O3/c1-2-30-20(29)13-6-4-8-15(10-13)25-17-16(22)18(24-11-23-17)26-27-19(28)12-5-3-7-14(21)9-12/h3-11H,2,22H2,1H3,(H,27,28)(H2,23,24,25,26). The van der Waals surface area contributed by atoms with Gasteiger partial charge >= 0.3 is 5.97 Å². The van der Waals surface area contributed by atoms with Gasteiger partial charge in [0.05, 0.1) is 12.2 Å². The third kappa shape index (κ3) is 5.15. The predicted molar refractivity (Wildman–Crippen MR) is 115 cm³/mol. The van der Waals surface area contributed by atoms with Crippen molar-refractivity contribution in [2.45, 2.75) is 6.92 Å². The second kappa shape index (κ2) is 9.57. The van der Waals surface area contributed by atoms with Crippen molar-refractivity contribution >= 4 is 46.5 Å². The van der Waals surface area contributed by atoms with E-state index in [1.165, 1.54) is 12.4 Å². The lowest BCUT2D eigenvalue weighted by Gasteiger charge is -2.13. The van der Waals surface area contributed by atoms with Gasteiger partial charge in [0.15, 0.2) is 11.6 Å². The second-order valence-corrected chi connectivity index (χ2v) is 6.44. The van der Waals surface area contributed by atoms with Gasteiger partial charge in [0.2, 0.25) is 0 Å². The minimum absolute atomic E-state index is 0.172. The van der Waals surface area contributed by atoms with Gasteiger partial charge in [0.25, 0.3) is 5.91 Å². The Morgan fingerprint density at radius 3 is 2.57 bits per heavy atom. The SMILES string of the molecule is CCOC(=O)c1cccc(Nc2ncnc(NNC(=O)c3cccc(Cl)c3)c2N)c1. The van der Waals surface area contributed by atoms with E-state index in [0.717, 1.165) is 0 Å². The molecule has 30 heavy (non-hydrogen) atoms. The van der Waals surface area contributed by atoms with Crippen molar-refractivity contribution in [1.29, 1.82) is 0 Å². The van der Waals surface area contributed by atoms with E-state index in [4.69, 9.17) is 22.1 Å². The molecule has 0 radical (unpaired) electrons. The highest BCUT2D eigenvalue weighted by molar-refractivity contribution is 6.31. The summed E-state index contributed by atoms with van der Waals surface area (Å²) in [5, 5.41) is 3.47. The number of carbonyl (C=O) groups is 2. The quantitative estimate of drug-likeness (QED) is 0.334. The van der Waals surface area contributed by atoms with E-state index in [0.29, 0.717) is 27.7 Å². The smallest absolute Gasteiger partial charge is 0.338 e. The fourth-order valence-corrected chi connectivity index (χ4v) is 2.68. The summed E-state index contributed by atoms with van der Waals surface area (Å²) in [6.07, 6.45) is 1.28. The number of nitrogens with zero attached hydrogens (tertiary/aromatic N) is 2. The number of ether oxygens (including phenoxy) is 1. The number of nitrogens with two attached hydrogens (primary N) is 1. The third-order valence-corrected chi connectivity index (χ3v) is 4.14. The van der Waals surface area contributed by atoms with Gasteiger partial charge in [-0.15, -0.1) is 0 Å². The Kier molecular flexibility index (Phi) is 6.66. The first kappa shape index (κ1) is 20.9. The molecule has 154 valence electrons. The lowest BCUT2D eigenvalue weighted by atomic mass is 10.2. The first-order chi connectivity index (χ1) is 14.5. The molecule has 3 aromatic rings. The zero-order chi connectivity index (χ0) is 21.5. The lowest BCUT2D eigenvalue weighted by molar-refractivity contribution is 0.0526. The van der Waals surface area contributed by atoms with Crippen LogP contribution in [0.15, 0.2) is 54.9 Å². The third-order valence-electron chi connectivity index (χ3n) is 3.90. The van der Waals surface area contributed by atoms with Crippen molar-refractivity contribution in [2.75, 3.05) is 23.1 Å². The number of hydrogen-bond acceptors (Lipinski definition) is 8. The first-order valence-corrected chi connectivity index (χ1v) is 9.32. The van der Waals surface area contributed by atoms with Crippen molar-refractivity contribution in [3.8, 4) is 0 Å². The summed E-state index contributed by atoms with van der Waals surface area (Å²) >= 11 is 5.90. The Morgan fingerprint density at radius 2 is 1.80 bits per heavy atom. The van der Waals surface area contributed by atoms with Crippen LogP contribution in [0.2, 0.25) is 5.02 Å². The number of benzene rings is 2. The minimum atomic E-state index is -0.428. The number of nitrogen functional groups attached to an aromatic ring is 1. The number of anilines is 4. The molecule has 0 unspecified atom stereocenters. The molecule has 5 N–H and O–H groups in total. The van der Waals surface area contributed by atoms with Crippen LogP contribution in [-0.4, -0.2) is 28.5 Å². The van der Waals surface area contributed by atoms with Crippen molar-refractivity contribution in [3.63, 3.8) is 0 Å². The highest BCUT2D eigenvalue weighted by atomic mass is 35.5. The maximum atomic E-state index is 12.2. The number of esters is 1. The monoisotopic (exact) mass is 426 g/mol. The Morgan fingerprint density at radius 1 is 1.07 bits per heavy atom. The number of nitrogens with one attached hydrogen (secondary N) is 3. The molecule has 1 aromatic heterocycles. The van der Waals surface area contributed by atoms with E-state index in [9.17, 15) is 9.59 Å². The van der Waals surface area contributed by atoms with Crippen LogP contribution in [-0.2, 0) is 4.74 Å². The van der Waals surface area contributed by atoms with Gasteiger partial charge in [-0.25, -0.2) is 14.8 Å². The van der Waals surface area contributed by atoms with Crippen LogP contribution in [0, 0.1) is 0 Å². The van der Waals surface area contributed by atoms with E-state index in [1.54, 1.807) is 49.4 Å². The summed E-state index contributed by atoms with van der Waals surface area (Å²) in [6, 6.07) is 13.2. The van der Waals surface area contributed by atoms with Gasteiger partial charge < -0.3 is 15.8 Å². The van der Waals surface area contributed by atoms with E-state index in [1.807, 2.05) is 0 Å². The number of hydrazine groups is 1. The Labute approximate surface area is 177 Å². The molecule has 0 fully saturated rings. The fourth-order valence-electron chi connectivity index (χ4n) is 2.49. The summed E-state index contributed by atoms with van der Waals surface area (Å²) in [6.45, 7) is 2.02. The normalized spacial score (nSPS) is 10.2. The molecule has 0 atom stereocenters. The van der Waals surface area contributed by atoms with Gasteiger partial charge in [-0.3, -0.25) is 15.6 Å². The molecule has 3 rings (SSSR count). The van der Waals surface area contributed by atoms with Crippen LogP contribution in [0.1, 0.15) is 27.6 Å². The molecule has 0 aliphatic carbocycles. The molecular formula is C20H19ClN6O3. The van der Waals surface area contributed by atoms with Crippen molar-refractivity contribution < 1.29 is 14.3 Å². The molecule has 0 spiro atoms. The Hall–Kier alpha value is -3.85. The van der Waals surface area contributed by atoms with Crippen LogP contribution < -0.4 is 21.9 Å². The second-order valence-electron chi connectivity index (χ2n) is 6.00. The minimum Gasteiger partial charge on any atom is -0.462 e. The largest absolute Gasteiger partial charge is 0.462 e. The van der Waals surface area contributed by atoms with Gasteiger partial charge in [-0.05, 0) is 43.3 Å². The molecule has 1 heterocycles. The summed E-state index contributed by atoms with van der Waals surface area (Å²) < 4.78 is 5.00. The van der Waals surface area contributed by atoms with Crippen LogP contribution >= 0.6 is 11.6 Å². The highest BCUT2D eigenvalue weighted by Crippen LogP contribution is 2.26. The van der Waals surface area contributed by atoms with E-state index in [2.05, 4.69) is 26.1 Å². The maximum absolute atomic E-state index is 12.2. The topological polar surface area (TPSA) is 131 Å².